The molecule has 35 heavy (non-hydrogen) atoms. The number of nitro benzene ring substituents is 1. The molecule has 1 aliphatic rings. The number of hydrogen-bond acceptors (Lipinski definition) is 8. The number of halogens is 2. The van der Waals surface area contributed by atoms with Crippen molar-refractivity contribution >= 4 is 62.0 Å². The zero-order chi connectivity index (χ0) is 26.9. The summed E-state index contributed by atoms with van der Waals surface area (Å²) in [5.41, 5.74) is -1.17. The summed E-state index contributed by atoms with van der Waals surface area (Å²) < 4.78 is 23.0. The van der Waals surface area contributed by atoms with Crippen molar-refractivity contribution < 1.29 is 32.5 Å². The Balaban J connectivity index is 0.000000434. The van der Waals surface area contributed by atoms with Crippen LogP contribution in [0, 0.1) is 16.0 Å². The Morgan fingerprint density at radius 1 is 1.17 bits per heavy atom. The van der Waals surface area contributed by atoms with Gasteiger partial charge in [0.1, 0.15) is 5.92 Å². The van der Waals surface area contributed by atoms with Crippen molar-refractivity contribution in [2.45, 2.75) is 29.0 Å². The Hall–Kier alpha value is -2.89. The first-order valence-corrected chi connectivity index (χ1v) is 12.9. The number of carbonyl (C=O) groups is 4. The van der Waals surface area contributed by atoms with Crippen LogP contribution in [0.4, 0.5) is 5.69 Å². The molecule has 1 saturated carbocycles. The van der Waals surface area contributed by atoms with Crippen LogP contribution in [-0.4, -0.2) is 65.7 Å². The molecule has 10 nitrogen and oxygen atoms in total. The smallest absolute Gasteiger partial charge is 0.281 e. The van der Waals surface area contributed by atoms with Gasteiger partial charge in [0.15, 0.2) is 32.0 Å². The Bertz CT molecular complexity index is 1120. The van der Waals surface area contributed by atoms with E-state index in [1.807, 2.05) is 0 Å². The molecular weight excluding hydrogens is 523 g/mol. The van der Waals surface area contributed by atoms with Crippen molar-refractivity contribution in [2.75, 3.05) is 19.3 Å². The second-order valence-electron chi connectivity index (χ2n) is 7.41. The molecule has 190 valence electrons. The van der Waals surface area contributed by atoms with Crippen LogP contribution in [0.15, 0.2) is 48.4 Å². The maximum absolute atomic E-state index is 12.4. The molecule has 0 aromatic heterocycles. The molecule has 1 fully saturated rings. The molecule has 0 N–H and O–H groups in total. The normalized spacial score (nSPS) is 14.1. The van der Waals surface area contributed by atoms with E-state index >= 15 is 0 Å². The quantitative estimate of drug-likeness (QED) is 0.114. The van der Waals surface area contributed by atoms with Crippen molar-refractivity contribution in [3.05, 3.63) is 59.2 Å². The monoisotopic (exact) mass is 546 g/mol. The van der Waals surface area contributed by atoms with Crippen molar-refractivity contribution in [1.82, 2.24) is 4.90 Å². The highest BCUT2D eigenvalue weighted by Crippen LogP contribution is 2.28. The van der Waals surface area contributed by atoms with Gasteiger partial charge in [-0.25, -0.2) is 8.42 Å². The van der Waals surface area contributed by atoms with Gasteiger partial charge in [0.25, 0.3) is 11.6 Å². The fraction of sp³-hybridized carbons (Fsp3) is 0.364. The third-order valence-corrected chi connectivity index (χ3v) is 6.29. The lowest BCUT2D eigenvalue weighted by Gasteiger charge is -2.19. The van der Waals surface area contributed by atoms with Gasteiger partial charge in [0, 0.05) is 38.3 Å². The van der Waals surface area contributed by atoms with Gasteiger partial charge in [-0.15, -0.1) is 13.2 Å². The Morgan fingerprint density at radius 3 is 2.09 bits per heavy atom. The fourth-order valence-corrected chi connectivity index (χ4v) is 4.08. The summed E-state index contributed by atoms with van der Waals surface area (Å²) in [7, 11) is -3.70. The van der Waals surface area contributed by atoms with Gasteiger partial charge in [-0.3, -0.25) is 29.3 Å². The second kappa shape index (κ2) is 13.3. The minimum absolute atomic E-state index is 0.0668. The van der Waals surface area contributed by atoms with Crippen molar-refractivity contribution in [2.24, 2.45) is 5.92 Å². The summed E-state index contributed by atoms with van der Waals surface area (Å²) in [5.74, 6) is -3.93. The number of ketones is 3. The average molecular weight is 547 g/mol. The Kier molecular flexibility index (Phi) is 11.4. The topological polar surface area (TPSA) is 149 Å². The van der Waals surface area contributed by atoms with Crippen molar-refractivity contribution in [3.8, 4) is 0 Å². The molecule has 0 aliphatic heterocycles. The zero-order valence-electron chi connectivity index (χ0n) is 18.8. The van der Waals surface area contributed by atoms with E-state index in [9.17, 15) is 37.7 Å². The maximum Gasteiger partial charge on any atom is 0.281 e. The number of benzene rings is 1. The highest BCUT2D eigenvalue weighted by atomic mass is 35.5. The average Bonchev–Trinajstić information content (AvgIpc) is 2.77. The lowest BCUT2D eigenvalue weighted by molar-refractivity contribution is -0.385. The van der Waals surface area contributed by atoms with Gasteiger partial charge in [-0.1, -0.05) is 35.4 Å². The summed E-state index contributed by atoms with van der Waals surface area (Å²) in [6.07, 6.45) is 4.59. The number of carbonyl (C=O) groups excluding carboxylic acids is 4. The first-order chi connectivity index (χ1) is 16.3. The molecule has 0 radical (unpaired) electrons. The van der Waals surface area contributed by atoms with Crippen LogP contribution in [0.1, 0.15) is 29.6 Å². The molecular formula is C22H24Cl2N2O8S. The van der Waals surface area contributed by atoms with E-state index in [2.05, 4.69) is 13.2 Å². The molecule has 1 aromatic carbocycles. The summed E-state index contributed by atoms with van der Waals surface area (Å²) in [4.78, 5) is 57.6. The summed E-state index contributed by atoms with van der Waals surface area (Å²) >= 11 is 10.8. The first-order valence-electron chi connectivity index (χ1n) is 10.1. The Labute approximate surface area is 212 Å². The minimum Gasteiger partial charge on any atom is -0.333 e. The number of nitro groups is 1. The number of rotatable bonds is 9. The van der Waals surface area contributed by atoms with Gasteiger partial charge in [-0.2, -0.15) is 0 Å². The number of alkyl halides is 2. The molecule has 0 saturated heterocycles. The third-order valence-electron chi connectivity index (χ3n) is 4.81. The van der Waals surface area contributed by atoms with Crippen LogP contribution in [0.5, 0.6) is 0 Å². The highest BCUT2D eigenvalue weighted by Gasteiger charge is 2.39. The molecule has 1 aliphatic carbocycles. The van der Waals surface area contributed by atoms with Gasteiger partial charge in [0.05, 0.1) is 15.4 Å². The SMILES string of the molecule is C=CCN(CC=C)C(=O)C(Cl)Cl.CS(=O)(=O)c1ccc(C(=O)C2C(=O)CCCC2=O)c([N+](=O)[O-])c1. The molecule has 1 aromatic rings. The molecule has 0 atom stereocenters. The summed E-state index contributed by atoms with van der Waals surface area (Å²) in [6, 6.07) is 2.79. The number of nitrogens with zero attached hydrogens (tertiary/aromatic N) is 2. The highest BCUT2D eigenvalue weighted by molar-refractivity contribution is 7.90. The Morgan fingerprint density at radius 2 is 1.69 bits per heavy atom. The molecule has 13 heteroatoms. The standard InChI is InChI=1S/C14H13NO7S.C8H11Cl2NO/c1-23(21,22)8-5-6-9(10(7-8)15(19)20)14(18)13-11(16)3-2-4-12(13)17;1-3-5-11(6-4-2)8(12)7(9)10/h5-7,13H,2-4H2,1H3;3-4,7H,1-2,5-6H2. The molecule has 0 spiro atoms. The van der Waals surface area contributed by atoms with E-state index in [0.29, 0.717) is 19.5 Å². The number of Topliss-reactive ketones (excluding diaryl/α,β-unsaturated/α-hetero) is 3. The van der Waals surface area contributed by atoms with Crippen LogP contribution in [0.2, 0.25) is 0 Å². The van der Waals surface area contributed by atoms with E-state index < -0.39 is 54.1 Å². The molecule has 1 amide bonds. The van der Waals surface area contributed by atoms with Crippen LogP contribution in [0.3, 0.4) is 0 Å². The number of hydrogen-bond donors (Lipinski definition) is 0. The van der Waals surface area contributed by atoms with Gasteiger partial charge >= 0.3 is 0 Å². The second-order valence-corrected chi connectivity index (χ2v) is 10.5. The van der Waals surface area contributed by atoms with E-state index in [-0.39, 0.29) is 23.6 Å². The number of amides is 1. The fourth-order valence-electron chi connectivity index (χ4n) is 3.16. The largest absolute Gasteiger partial charge is 0.333 e. The van der Waals surface area contributed by atoms with Crippen LogP contribution in [-0.2, 0) is 24.2 Å². The van der Waals surface area contributed by atoms with E-state index in [1.54, 1.807) is 12.2 Å². The predicted octanol–water partition coefficient (Wildman–Crippen LogP) is 3.11. The van der Waals surface area contributed by atoms with Gasteiger partial charge in [0.2, 0.25) is 0 Å². The van der Waals surface area contributed by atoms with Crippen molar-refractivity contribution in [1.29, 1.82) is 0 Å². The van der Waals surface area contributed by atoms with E-state index in [0.717, 1.165) is 24.5 Å². The van der Waals surface area contributed by atoms with E-state index in [1.165, 1.54) is 4.90 Å². The number of sulfone groups is 1. The lowest BCUT2D eigenvalue weighted by Crippen LogP contribution is -2.35. The van der Waals surface area contributed by atoms with E-state index in [4.69, 9.17) is 23.2 Å². The maximum atomic E-state index is 12.4. The minimum atomic E-state index is -3.70. The molecule has 0 bridgehead atoms. The lowest BCUT2D eigenvalue weighted by atomic mass is 9.81. The third kappa shape index (κ3) is 8.37. The summed E-state index contributed by atoms with van der Waals surface area (Å²) in [6.45, 7) is 7.88. The molecule has 0 heterocycles. The van der Waals surface area contributed by atoms with Gasteiger partial charge < -0.3 is 4.90 Å². The zero-order valence-corrected chi connectivity index (χ0v) is 21.1. The van der Waals surface area contributed by atoms with Crippen LogP contribution in [0.25, 0.3) is 0 Å². The van der Waals surface area contributed by atoms with Crippen LogP contribution >= 0.6 is 23.2 Å². The van der Waals surface area contributed by atoms with Crippen molar-refractivity contribution in [3.63, 3.8) is 0 Å². The molecule has 2 rings (SSSR count). The predicted molar refractivity (Wildman–Crippen MR) is 130 cm³/mol. The summed E-state index contributed by atoms with van der Waals surface area (Å²) in [5, 5.41) is 11.1. The van der Waals surface area contributed by atoms with Gasteiger partial charge in [-0.05, 0) is 18.6 Å². The molecule has 0 unspecified atom stereocenters. The van der Waals surface area contributed by atoms with Crippen LogP contribution < -0.4 is 0 Å². The first kappa shape index (κ1) is 30.1.